The number of carbonyl (C=O) groups is 2. The van der Waals surface area contributed by atoms with Crippen molar-refractivity contribution < 1.29 is 19.1 Å². The number of hydrogen-bond acceptors (Lipinski definition) is 6. The molecule has 0 saturated heterocycles. The number of hydrogen-bond donors (Lipinski definition) is 4. The highest BCUT2D eigenvalue weighted by Crippen LogP contribution is 2.30. The highest BCUT2D eigenvalue weighted by Gasteiger charge is 2.11. The van der Waals surface area contributed by atoms with Crippen LogP contribution in [0.5, 0.6) is 11.5 Å². The van der Waals surface area contributed by atoms with Gasteiger partial charge in [-0.3, -0.25) is 15.0 Å². The molecule has 0 unspecified atom stereocenters. The SMILES string of the molecule is CC(=O)Oc1ccc(NC(=S)NC(=N)N)cc1OC(C)=O. The maximum absolute atomic E-state index is 11.1. The summed E-state index contributed by atoms with van der Waals surface area (Å²) in [7, 11) is 0. The monoisotopic (exact) mass is 310 g/mol. The molecule has 1 rings (SSSR count). The first-order chi connectivity index (χ1) is 9.77. The van der Waals surface area contributed by atoms with Gasteiger partial charge in [0, 0.05) is 25.6 Å². The van der Waals surface area contributed by atoms with Gasteiger partial charge in [-0.2, -0.15) is 0 Å². The molecular formula is C12H14N4O4S. The van der Waals surface area contributed by atoms with Gasteiger partial charge in [0.1, 0.15) is 0 Å². The Bertz CT molecular complexity index is 603. The summed E-state index contributed by atoms with van der Waals surface area (Å²) in [5.74, 6) is -1.26. The van der Waals surface area contributed by atoms with E-state index in [9.17, 15) is 9.59 Å². The van der Waals surface area contributed by atoms with Gasteiger partial charge >= 0.3 is 11.9 Å². The second-order valence-electron chi connectivity index (χ2n) is 3.84. The molecule has 0 aliphatic carbocycles. The Morgan fingerprint density at radius 2 is 1.76 bits per heavy atom. The van der Waals surface area contributed by atoms with Crippen LogP contribution in [0.3, 0.4) is 0 Å². The summed E-state index contributed by atoms with van der Waals surface area (Å²) in [6, 6.07) is 4.42. The third kappa shape index (κ3) is 5.87. The number of carbonyl (C=O) groups excluding carboxylic acids is 2. The quantitative estimate of drug-likeness (QED) is 0.211. The van der Waals surface area contributed by atoms with Gasteiger partial charge in [-0.25, -0.2) is 0 Å². The fourth-order valence-electron chi connectivity index (χ4n) is 1.34. The summed E-state index contributed by atoms with van der Waals surface area (Å²) in [5.41, 5.74) is 5.60. The van der Waals surface area contributed by atoms with E-state index in [-0.39, 0.29) is 22.6 Å². The zero-order valence-corrected chi connectivity index (χ0v) is 12.2. The third-order valence-corrected chi connectivity index (χ3v) is 2.16. The second-order valence-corrected chi connectivity index (χ2v) is 4.25. The Morgan fingerprint density at radius 3 is 2.29 bits per heavy atom. The molecule has 0 amide bonds. The second kappa shape index (κ2) is 7.20. The zero-order chi connectivity index (χ0) is 16.0. The number of rotatable bonds is 3. The molecule has 0 aliphatic heterocycles. The molecule has 0 aliphatic rings. The van der Waals surface area contributed by atoms with Crippen molar-refractivity contribution in [1.29, 1.82) is 5.41 Å². The Hall–Kier alpha value is -2.68. The first-order valence-corrected chi connectivity index (χ1v) is 6.11. The number of ether oxygens (including phenoxy) is 2. The molecule has 9 heteroatoms. The molecule has 112 valence electrons. The van der Waals surface area contributed by atoms with Crippen molar-refractivity contribution in [3.63, 3.8) is 0 Å². The molecule has 0 fully saturated rings. The van der Waals surface area contributed by atoms with Gasteiger partial charge in [0.05, 0.1) is 0 Å². The third-order valence-electron chi connectivity index (χ3n) is 1.96. The Labute approximate surface area is 126 Å². The van der Waals surface area contributed by atoms with Crippen LogP contribution in [-0.2, 0) is 9.59 Å². The standard InChI is InChI=1S/C12H14N4O4S/c1-6(17)19-9-4-3-8(5-10(9)20-7(2)18)15-12(21)16-11(13)14/h3-5H,1-2H3,(H5,13,14,15,16,21). The summed E-state index contributed by atoms with van der Waals surface area (Å²) in [4.78, 5) is 22.1. The minimum atomic E-state index is -0.565. The predicted octanol–water partition coefficient (Wildman–Crippen LogP) is 0.717. The Balaban J connectivity index is 2.97. The number of thiocarbonyl (C=S) groups is 1. The van der Waals surface area contributed by atoms with E-state index in [2.05, 4.69) is 10.6 Å². The van der Waals surface area contributed by atoms with Gasteiger partial charge in [-0.05, 0) is 24.4 Å². The highest BCUT2D eigenvalue weighted by molar-refractivity contribution is 7.80. The molecule has 1 aromatic carbocycles. The van der Waals surface area contributed by atoms with Crippen LogP contribution in [0.2, 0.25) is 0 Å². The van der Waals surface area contributed by atoms with Crippen LogP contribution in [0.1, 0.15) is 13.8 Å². The fraction of sp³-hybridized carbons (Fsp3) is 0.167. The average Bonchev–Trinajstić information content (AvgIpc) is 2.30. The average molecular weight is 310 g/mol. The van der Waals surface area contributed by atoms with E-state index in [1.807, 2.05) is 0 Å². The lowest BCUT2D eigenvalue weighted by Gasteiger charge is -2.12. The van der Waals surface area contributed by atoms with Crippen molar-refractivity contribution in [1.82, 2.24) is 5.32 Å². The molecule has 0 spiro atoms. The molecule has 0 aromatic heterocycles. The van der Waals surface area contributed by atoms with Crippen LogP contribution in [0.4, 0.5) is 5.69 Å². The summed E-state index contributed by atoms with van der Waals surface area (Å²) >= 11 is 4.91. The number of anilines is 1. The normalized spacial score (nSPS) is 9.43. The van der Waals surface area contributed by atoms with Crippen LogP contribution < -0.4 is 25.8 Å². The lowest BCUT2D eigenvalue weighted by molar-refractivity contribution is -0.134. The van der Waals surface area contributed by atoms with Crippen LogP contribution in [0.15, 0.2) is 18.2 Å². The number of benzene rings is 1. The number of nitrogens with two attached hydrogens (primary N) is 1. The van der Waals surface area contributed by atoms with Crippen molar-refractivity contribution in [3.8, 4) is 11.5 Å². The van der Waals surface area contributed by atoms with Gasteiger partial charge in [0.25, 0.3) is 0 Å². The highest BCUT2D eigenvalue weighted by atomic mass is 32.1. The van der Waals surface area contributed by atoms with Crippen LogP contribution in [0.25, 0.3) is 0 Å². The van der Waals surface area contributed by atoms with E-state index in [0.29, 0.717) is 5.69 Å². The van der Waals surface area contributed by atoms with E-state index in [1.54, 1.807) is 6.07 Å². The first kappa shape index (κ1) is 16.4. The van der Waals surface area contributed by atoms with Gasteiger partial charge in [-0.15, -0.1) is 0 Å². The number of guanidine groups is 1. The minimum Gasteiger partial charge on any atom is -0.423 e. The predicted molar refractivity (Wildman–Crippen MR) is 80.3 cm³/mol. The molecule has 1 aromatic rings. The summed E-state index contributed by atoms with van der Waals surface area (Å²) < 4.78 is 9.89. The lowest BCUT2D eigenvalue weighted by atomic mass is 10.2. The summed E-state index contributed by atoms with van der Waals surface area (Å²) in [6.45, 7) is 2.45. The molecule has 8 nitrogen and oxygen atoms in total. The van der Waals surface area contributed by atoms with Crippen molar-refractivity contribution in [2.45, 2.75) is 13.8 Å². The van der Waals surface area contributed by atoms with Gasteiger partial charge in [0.15, 0.2) is 22.6 Å². The summed E-state index contributed by atoms with van der Waals surface area (Å²) in [5, 5.41) is 12.3. The van der Waals surface area contributed by atoms with Crippen molar-refractivity contribution in [2.75, 3.05) is 5.32 Å². The number of esters is 2. The molecule has 5 N–H and O–H groups in total. The fourth-order valence-corrected chi connectivity index (χ4v) is 1.57. The van der Waals surface area contributed by atoms with Gasteiger partial charge < -0.3 is 25.8 Å². The molecule has 21 heavy (non-hydrogen) atoms. The molecule has 0 heterocycles. The van der Waals surface area contributed by atoms with Crippen LogP contribution >= 0.6 is 12.2 Å². The lowest BCUT2D eigenvalue weighted by Crippen LogP contribution is -2.38. The summed E-state index contributed by atoms with van der Waals surface area (Å²) in [6.07, 6.45) is 0. The Morgan fingerprint density at radius 1 is 1.19 bits per heavy atom. The largest absolute Gasteiger partial charge is 0.423 e. The van der Waals surface area contributed by atoms with E-state index in [0.717, 1.165) is 0 Å². The van der Waals surface area contributed by atoms with Crippen LogP contribution in [0, 0.1) is 5.41 Å². The van der Waals surface area contributed by atoms with Crippen molar-refractivity contribution >= 4 is 40.9 Å². The van der Waals surface area contributed by atoms with E-state index >= 15 is 0 Å². The molecule has 0 saturated carbocycles. The minimum absolute atomic E-state index is 0.0633. The van der Waals surface area contributed by atoms with Crippen LogP contribution in [-0.4, -0.2) is 23.0 Å². The number of nitrogens with one attached hydrogen (secondary N) is 3. The molecule has 0 atom stereocenters. The zero-order valence-electron chi connectivity index (χ0n) is 11.4. The smallest absolute Gasteiger partial charge is 0.308 e. The van der Waals surface area contributed by atoms with Gasteiger partial charge in [0.2, 0.25) is 0 Å². The van der Waals surface area contributed by atoms with E-state index < -0.39 is 11.9 Å². The van der Waals surface area contributed by atoms with E-state index in [1.165, 1.54) is 26.0 Å². The molecule has 0 bridgehead atoms. The van der Waals surface area contributed by atoms with Crippen molar-refractivity contribution in [2.24, 2.45) is 5.73 Å². The Kier molecular flexibility index (Phi) is 5.61. The van der Waals surface area contributed by atoms with Gasteiger partial charge in [-0.1, -0.05) is 0 Å². The van der Waals surface area contributed by atoms with Crippen molar-refractivity contribution in [3.05, 3.63) is 18.2 Å². The molecular weight excluding hydrogens is 296 g/mol. The maximum Gasteiger partial charge on any atom is 0.308 e. The maximum atomic E-state index is 11.1. The van der Waals surface area contributed by atoms with E-state index in [4.69, 9.17) is 32.8 Å². The molecule has 0 radical (unpaired) electrons. The topological polar surface area (TPSA) is 127 Å². The first-order valence-electron chi connectivity index (χ1n) is 5.71.